The zero-order valence-electron chi connectivity index (χ0n) is 12.8. The molecule has 2 aromatic carbocycles. The molecule has 0 aromatic heterocycles. The van der Waals surface area contributed by atoms with E-state index in [-0.39, 0.29) is 11.6 Å². The van der Waals surface area contributed by atoms with E-state index in [1.807, 2.05) is 18.2 Å². The SMILES string of the molecule is CC(=O)c1ccc2c(c1)CN(C)CCN2c1ccc(F)cc1. The lowest BCUT2D eigenvalue weighted by atomic mass is 10.0. The first kappa shape index (κ1) is 14.7. The van der Waals surface area contributed by atoms with E-state index in [0.29, 0.717) is 0 Å². The molecule has 0 spiro atoms. The predicted molar refractivity (Wildman–Crippen MR) is 86.2 cm³/mol. The average Bonchev–Trinajstić information content (AvgIpc) is 2.65. The van der Waals surface area contributed by atoms with E-state index in [9.17, 15) is 9.18 Å². The number of carbonyl (C=O) groups is 1. The lowest BCUT2D eigenvalue weighted by Crippen LogP contribution is -2.26. The van der Waals surface area contributed by atoms with Crippen LogP contribution in [0.1, 0.15) is 22.8 Å². The minimum absolute atomic E-state index is 0.0723. The van der Waals surface area contributed by atoms with Gasteiger partial charge in [-0.3, -0.25) is 4.79 Å². The van der Waals surface area contributed by atoms with Crippen molar-refractivity contribution in [3.05, 3.63) is 59.4 Å². The Morgan fingerprint density at radius 1 is 1.09 bits per heavy atom. The van der Waals surface area contributed by atoms with Gasteiger partial charge in [-0.2, -0.15) is 0 Å². The Bertz CT molecular complexity index is 697. The number of carbonyl (C=O) groups excluding carboxylic acids is 1. The molecule has 0 atom stereocenters. The van der Waals surface area contributed by atoms with Crippen molar-refractivity contribution < 1.29 is 9.18 Å². The van der Waals surface area contributed by atoms with E-state index in [2.05, 4.69) is 16.8 Å². The first-order chi connectivity index (χ1) is 10.5. The van der Waals surface area contributed by atoms with Gasteiger partial charge < -0.3 is 9.80 Å². The molecule has 0 amide bonds. The molecule has 3 rings (SSSR count). The van der Waals surface area contributed by atoms with Gasteiger partial charge in [0.25, 0.3) is 0 Å². The van der Waals surface area contributed by atoms with Crippen molar-refractivity contribution in [2.24, 2.45) is 0 Å². The number of ketones is 1. The van der Waals surface area contributed by atoms with Gasteiger partial charge in [-0.25, -0.2) is 4.39 Å². The summed E-state index contributed by atoms with van der Waals surface area (Å²) >= 11 is 0. The van der Waals surface area contributed by atoms with Crippen LogP contribution in [0.2, 0.25) is 0 Å². The topological polar surface area (TPSA) is 23.6 Å². The third-order valence-corrected chi connectivity index (χ3v) is 4.06. The fourth-order valence-corrected chi connectivity index (χ4v) is 2.84. The fourth-order valence-electron chi connectivity index (χ4n) is 2.84. The van der Waals surface area contributed by atoms with Gasteiger partial charge in [0.2, 0.25) is 0 Å². The average molecular weight is 298 g/mol. The van der Waals surface area contributed by atoms with Crippen LogP contribution in [0.25, 0.3) is 0 Å². The standard InChI is InChI=1S/C18H19FN2O/c1-13(22)14-3-8-18-15(11-14)12-20(2)9-10-21(18)17-6-4-16(19)5-7-17/h3-8,11H,9-10,12H2,1-2H3. The van der Waals surface area contributed by atoms with Crippen LogP contribution in [0.4, 0.5) is 15.8 Å². The molecule has 1 aliphatic rings. The summed E-state index contributed by atoms with van der Waals surface area (Å²) in [7, 11) is 2.07. The molecular weight excluding hydrogens is 279 g/mol. The molecule has 114 valence electrons. The highest BCUT2D eigenvalue weighted by Crippen LogP contribution is 2.32. The number of fused-ring (bicyclic) bond motifs is 1. The van der Waals surface area contributed by atoms with Gasteiger partial charge in [-0.05, 0) is 62.0 Å². The van der Waals surface area contributed by atoms with Crippen LogP contribution in [0, 0.1) is 5.82 Å². The molecule has 0 aliphatic carbocycles. The molecule has 1 aliphatic heterocycles. The Morgan fingerprint density at radius 2 is 1.82 bits per heavy atom. The Morgan fingerprint density at radius 3 is 2.50 bits per heavy atom. The van der Waals surface area contributed by atoms with Crippen molar-refractivity contribution >= 4 is 17.2 Å². The second kappa shape index (κ2) is 5.89. The Kier molecular flexibility index (Phi) is 3.94. The Balaban J connectivity index is 2.06. The summed E-state index contributed by atoms with van der Waals surface area (Å²) in [6, 6.07) is 12.4. The summed E-state index contributed by atoms with van der Waals surface area (Å²) in [4.78, 5) is 16.0. The Labute approximate surface area is 130 Å². The van der Waals surface area contributed by atoms with E-state index in [1.54, 1.807) is 19.1 Å². The van der Waals surface area contributed by atoms with Gasteiger partial charge in [0.15, 0.2) is 5.78 Å². The number of rotatable bonds is 2. The number of Topliss-reactive ketones (excluding diaryl/α,β-unsaturated/α-hetero) is 1. The maximum Gasteiger partial charge on any atom is 0.159 e. The van der Waals surface area contributed by atoms with Crippen molar-refractivity contribution in [1.82, 2.24) is 4.90 Å². The van der Waals surface area contributed by atoms with E-state index >= 15 is 0 Å². The zero-order valence-corrected chi connectivity index (χ0v) is 12.8. The number of nitrogens with zero attached hydrogens (tertiary/aromatic N) is 2. The van der Waals surface area contributed by atoms with E-state index in [1.165, 1.54) is 12.1 Å². The summed E-state index contributed by atoms with van der Waals surface area (Å²) in [5.41, 5.74) is 3.90. The monoisotopic (exact) mass is 298 g/mol. The minimum atomic E-state index is -0.233. The summed E-state index contributed by atoms with van der Waals surface area (Å²) < 4.78 is 13.2. The van der Waals surface area contributed by atoms with E-state index in [4.69, 9.17) is 0 Å². The molecule has 22 heavy (non-hydrogen) atoms. The van der Waals surface area contributed by atoms with Crippen LogP contribution in [0.5, 0.6) is 0 Å². The number of hydrogen-bond donors (Lipinski definition) is 0. The maximum atomic E-state index is 13.2. The third kappa shape index (κ3) is 2.88. The number of likely N-dealkylation sites (N-methyl/N-ethyl adjacent to an activating group) is 1. The highest BCUT2D eigenvalue weighted by molar-refractivity contribution is 5.95. The van der Waals surface area contributed by atoms with Gasteiger partial charge in [0.1, 0.15) is 5.82 Å². The predicted octanol–water partition coefficient (Wildman–Crippen LogP) is 3.61. The van der Waals surface area contributed by atoms with Gasteiger partial charge >= 0.3 is 0 Å². The van der Waals surface area contributed by atoms with Crippen molar-refractivity contribution in [2.75, 3.05) is 25.0 Å². The molecular formula is C18H19FN2O. The lowest BCUT2D eigenvalue weighted by Gasteiger charge is -2.25. The molecule has 1 heterocycles. The number of benzene rings is 2. The highest BCUT2D eigenvalue weighted by Gasteiger charge is 2.20. The fraction of sp³-hybridized carbons (Fsp3) is 0.278. The minimum Gasteiger partial charge on any atom is -0.340 e. The molecule has 0 unspecified atom stereocenters. The molecule has 0 saturated carbocycles. The van der Waals surface area contributed by atoms with Crippen LogP contribution in [-0.4, -0.2) is 30.8 Å². The third-order valence-electron chi connectivity index (χ3n) is 4.06. The van der Waals surface area contributed by atoms with Crippen LogP contribution < -0.4 is 4.90 Å². The molecule has 3 nitrogen and oxygen atoms in total. The van der Waals surface area contributed by atoms with Crippen molar-refractivity contribution in [3.8, 4) is 0 Å². The quantitative estimate of drug-likeness (QED) is 0.791. The molecule has 0 N–H and O–H groups in total. The van der Waals surface area contributed by atoms with Crippen LogP contribution >= 0.6 is 0 Å². The Hall–Kier alpha value is -2.20. The highest BCUT2D eigenvalue weighted by atomic mass is 19.1. The van der Waals surface area contributed by atoms with Gasteiger partial charge in [0, 0.05) is 36.6 Å². The zero-order chi connectivity index (χ0) is 15.7. The van der Waals surface area contributed by atoms with Crippen LogP contribution in [-0.2, 0) is 6.54 Å². The van der Waals surface area contributed by atoms with Crippen LogP contribution in [0.15, 0.2) is 42.5 Å². The molecule has 0 saturated heterocycles. The van der Waals surface area contributed by atoms with E-state index in [0.717, 1.165) is 42.1 Å². The first-order valence-electron chi connectivity index (χ1n) is 7.40. The van der Waals surface area contributed by atoms with Crippen molar-refractivity contribution in [2.45, 2.75) is 13.5 Å². The molecule has 0 fully saturated rings. The smallest absolute Gasteiger partial charge is 0.159 e. The molecule has 0 radical (unpaired) electrons. The number of hydrogen-bond acceptors (Lipinski definition) is 3. The molecule has 0 bridgehead atoms. The van der Waals surface area contributed by atoms with Gasteiger partial charge in [-0.1, -0.05) is 0 Å². The van der Waals surface area contributed by atoms with Crippen LogP contribution in [0.3, 0.4) is 0 Å². The molecule has 4 heteroatoms. The maximum absolute atomic E-state index is 13.2. The van der Waals surface area contributed by atoms with Crippen molar-refractivity contribution in [3.63, 3.8) is 0 Å². The molecule has 2 aromatic rings. The summed E-state index contributed by atoms with van der Waals surface area (Å²) in [5, 5.41) is 0. The van der Waals surface area contributed by atoms with Gasteiger partial charge in [0.05, 0.1) is 0 Å². The second-order valence-electron chi connectivity index (χ2n) is 5.77. The summed E-state index contributed by atoms with van der Waals surface area (Å²) in [6.45, 7) is 4.12. The summed E-state index contributed by atoms with van der Waals surface area (Å²) in [5.74, 6) is -0.161. The lowest BCUT2D eigenvalue weighted by molar-refractivity contribution is 0.101. The number of halogens is 1. The van der Waals surface area contributed by atoms with E-state index < -0.39 is 0 Å². The summed E-state index contributed by atoms with van der Waals surface area (Å²) in [6.07, 6.45) is 0. The largest absolute Gasteiger partial charge is 0.340 e. The second-order valence-corrected chi connectivity index (χ2v) is 5.77. The number of anilines is 2. The normalized spacial score (nSPS) is 15.3. The van der Waals surface area contributed by atoms with Crippen molar-refractivity contribution in [1.29, 1.82) is 0 Å². The first-order valence-corrected chi connectivity index (χ1v) is 7.40. The van der Waals surface area contributed by atoms with Gasteiger partial charge in [-0.15, -0.1) is 0 Å².